The van der Waals surface area contributed by atoms with Crippen molar-refractivity contribution in [2.24, 2.45) is 0 Å². The second-order valence-corrected chi connectivity index (χ2v) is 3.06. The van der Waals surface area contributed by atoms with E-state index in [-0.39, 0.29) is 5.97 Å². The Hall–Kier alpha value is -1.71. The van der Waals surface area contributed by atoms with Gasteiger partial charge < -0.3 is 16.2 Å². The highest BCUT2D eigenvalue weighted by Crippen LogP contribution is 2.20. The molecular formula is C10H14N2O2. The summed E-state index contributed by atoms with van der Waals surface area (Å²) < 4.78 is 5.02. The Bertz CT molecular complexity index is 317. The highest BCUT2D eigenvalue weighted by molar-refractivity contribution is 5.73. The number of carbonyl (C=O) groups excluding carboxylic acids is 1. The van der Waals surface area contributed by atoms with Gasteiger partial charge in [0.25, 0.3) is 0 Å². The third kappa shape index (κ3) is 2.97. The maximum absolute atomic E-state index is 11.1. The van der Waals surface area contributed by atoms with Gasteiger partial charge in [-0.1, -0.05) is 6.92 Å². The predicted octanol–water partition coefficient (Wildman–Crippen LogP) is 1.56. The number of hydrogen-bond acceptors (Lipinski definition) is 4. The molecule has 1 rings (SSSR count). The van der Waals surface area contributed by atoms with E-state index in [2.05, 4.69) is 0 Å². The summed E-state index contributed by atoms with van der Waals surface area (Å²) in [5.41, 5.74) is 12.1. The predicted molar refractivity (Wildman–Crippen MR) is 55.8 cm³/mol. The summed E-state index contributed by atoms with van der Waals surface area (Å²) in [4.78, 5) is 11.1. The third-order valence-electron chi connectivity index (χ3n) is 1.64. The topological polar surface area (TPSA) is 78.3 Å². The fourth-order valence-corrected chi connectivity index (χ4v) is 1.09. The van der Waals surface area contributed by atoms with Gasteiger partial charge in [-0.2, -0.15) is 0 Å². The minimum absolute atomic E-state index is 0.266. The monoisotopic (exact) mass is 194 g/mol. The summed E-state index contributed by atoms with van der Waals surface area (Å²) in [6.07, 6.45) is 1.16. The number of nitrogens with two attached hydrogens (primary N) is 2. The van der Waals surface area contributed by atoms with E-state index >= 15 is 0 Å². The van der Waals surface area contributed by atoms with Crippen LogP contribution in [0, 0.1) is 0 Å². The van der Waals surface area contributed by atoms with Crippen LogP contribution in [0.2, 0.25) is 0 Å². The molecule has 0 amide bonds. The van der Waals surface area contributed by atoms with Crippen molar-refractivity contribution in [2.45, 2.75) is 19.8 Å². The van der Waals surface area contributed by atoms with Crippen LogP contribution in [0.1, 0.15) is 19.8 Å². The first-order chi connectivity index (χ1) is 6.61. The lowest BCUT2D eigenvalue weighted by Crippen LogP contribution is -2.07. The van der Waals surface area contributed by atoms with Crippen molar-refractivity contribution < 1.29 is 9.53 Å². The average molecular weight is 194 g/mol. The van der Waals surface area contributed by atoms with Crippen LogP contribution in [0.15, 0.2) is 18.2 Å². The molecule has 76 valence electrons. The van der Waals surface area contributed by atoms with Crippen LogP contribution < -0.4 is 16.2 Å². The number of anilines is 2. The zero-order chi connectivity index (χ0) is 10.6. The quantitative estimate of drug-likeness (QED) is 0.435. The van der Waals surface area contributed by atoms with E-state index in [4.69, 9.17) is 16.2 Å². The molecule has 0 saturated carbocycles. The molecule has 0 atom stereocenters. The molecule has 0 aliphatic carbocycles. The number of esters is 1. The summed E-state index contributed by atoms with van der Waals surface area (Å²) >= 11 is 0. The van der Waals surface area contributed by atoms with E-state index in [9.17, 15) is 4.79 Å². The molecule has 0 fully saturated rings. The first kappa shape index (κ1) is 10.4. The second-order valence-electron chi connectivity index (χ2n) is 3.06. The standard InChI is InChI=1S/C10H14N2O2/c1-2-3-10(13)14-9-5-7(11)4-8(12)6-9/h4-6H,2-3,11-12H2,1H3. The van der Waals surface area contributed by atoms with E-state index in [0.29, 0.717) is 23.5 Å². The summed E-state index contributed by atoms with van der Waals surface area (Å²) in [5.74, 6) is 0.137. The van der Waals surface area contributed by atoms with Crippen LogP contribution in [0.25, 0.3) is 0 Å². The fraction of sp³-hybridized carbons (Fsp3) is 0.300. The van der Waals surface area contributed by atoms with Gasteiger partial charge in [0, 0.05) is 29.9 Å². The summed E-state index contributed by atoms with van der Waals surface area (Å²) in [5, 5.41) is 0. The van der Waals surface area contributed by atoms with Crippen LogP contribution >= 0.6 is 0 Å². The van der Waals surface area contributed by atoms with Crippen molar-refractivity contribution in [3.63, 3.8) is 0 Å². The fourth-order valence-electron chi connectivity index (χ4n) is 1.09. The lowest BCUT2D eigenvalue weighted by molar-refractivity contribution is -0.134. The molecule has 0 unspecified atom stereocenters. The van der Waals surface area contributed by atoms with Gasteiger partial charge >= 0.3 is 5.97 Å². The van der Waals surface area contributed by atoms with Crippen molar-refractivity contribution >= 4 is 17.3 Å². The smallest absolute Gasteiger partial charge is 0.311 e. The van der Waals surface area contributed by atoms with Crippen LogP contribution in [-0.2, 0) is 4.79 Å². The number of nitrogen functional groups attached to an aromatic ring is 2. The Morgan fingerprint density at radius 3 is 2.36 bits per heavy atom. The molecular weight excluding hydrogens is 180 g/mol. The molecule has 0 saturated heterocycles. The maximum atomic E-state index is 11.1. The lowest BCUT2D eigenvalue weighted by atomic mass is 10.2. The third-order valence-corrected chi connectivity index (χ3v) is 1.64. The second kappa shape index (κ2) is 4.50. The number of carbonyl (C=O) groups is 1. The molecule has 4 nitrogen and oxygen atoms in total. The number of benzene rings is 1. The van der Waals surface area contributed by atoms with Crippen molar-refractivity contribution in [1.82, 2.24) is 0 Å². The molecule has 1 aromatic carbocycles. The van der Waals surface area contributed by atoms with E-state index < -0.39 is 0 Å². The number of rotatable bonds is 3. The van der Waals surface area contributed by atoms with E-state index in [1.54, 1.807) is 18.2 Å². The number of hydrogen-bond donors (Lipinski definition) is 2. The molecule has 14 heavy (non-hydrogen) atoms. The van der Waals surface area contributed by atoms with E-state index in [0.717, 1.165) is 6.42 Å². The lowest BCUT2D eigenvalue weighted by Gasteiger charge is -2.05. The molecule has 0 aliphatic heterocycles. The normalized spacial score (nSPS) is 9.79. The Labute approximate surface area is 82.8 Å². The van der Waals surface area contributed by atoms with Gasteiger partial charge in [0.2, 0.25) is 0 Å². The molecule has 0 aromatic heterocycles. The molecule has 0 aliphatic rings. The van der Waals surface area contributed by atoms with Gasteiger partial charge in [0.1, 0.15) is 5.75 Å². The molecule has 0 heterocycles. The molecule has 4 heteroatoms. The van der Waals surface area contributed by atoms with Crippen molar-refractivity contribution in [1.29, 1.82) is 0 Å². The SMILES string of the molecule is CCCC(=O)Oc1cc(N)cc(N)c1. The van der Waals surface area contributed by atoms with Crippen LogP contribution in [0.5, 0.6) is 5.75 Å². The van der Waals surface area contributed by atoms with Crippen molar-refractivity contribution in [3.05, 3.63) is 18.2 Å². The summed E-state index contributed by atoms with van der Waals surface area (Å²) in [6, 6.07) is 4.75. The molecule has 1 aromatic rings. The highest BCUT2D eigenvalue weighted by Gasteiger charge is 2.04. The average Bonchev–Trinajstić information content (AvgIpc) is 2.01. The Balaban J connectivity index is 2.71. The van der Waals surface area contributed by atoms with E-state index in [1.807, 2.05) is 6.92 Å². The minimum Gasteiger partial charge on any atom is -0.426 e. The van der Waals surface area contributed by atoms with Crippen molar-refractivity contribution in [3.8, 4) is 5.75 Å². The zero-order valence-corrected chi connectivity index (χ0v) is 8.12. The van der Waals surface area contributed by atoms with E-state index in [1.165, 1.54) is 0 Å². The molecule has 0 bridgehead atoms. The van der Waals surface area contributed by atoms with Crippen LogP contribution in [-0.4, -0.2) is 5.97 Å². The maximum Gasteiger partial charge on any atom is 0.311 e. The molecule has 0 radical (unpaired) electrons. The Morgan fingerprint density at radius 2 is 1.86 bits per heavy atom. The van der Waals surface area contributed by atoms with Gasteiger partial charge in [0.15, 0.2) is 0 Å². The Kier molecular flexibility index (Phi) is 3.34. The summed E-state index contributed by atoms with van der Waals surface area (Å²) in [6.45, 7) is 1.91. The van der Waals surface area contributed by atoms with Crippen molar-refractivity contribution in [2.75, 3.05) is 11.5 Å². The van der Waals surface area contributed by atoms with Crippen LogP contribution in [0.4, 0.5) is 11.4 Å². The molecule has 4 N–H and O–H groups in total. The van der Waals surface area contributed by atoms with Gasteiger partial charge in [-0.25, -0.2) is 0 Å². The van der Waals surface area contributed by atoms with Crippen LogP contribution in [0.3, 0.4) is 0 Å². The van der Waals surface area contributed by atoms with Gasteiger partial charge in [-0.3, -0.25) is 4.79 Å². The minimum atomic E-state index is -0.266. The first-order valence-electron chi connectivity index (χ1n) is 4.48. The number of ether oxygens (including phenoxy) is 1. The van der Waals surface area contributed by atoms with Gasteiger partial charge in [-0.05, 0) is 12.5 Å². The Morgan fingerprint density at radius 1 is 1.29 bits per heavy atom. The van der Waals surface area contributed by atoms with Gasteiger partial charge in [0.05, 0.1) is 0 Å². The summed E-state index contributed by atoms with van der Waals surface area (Å²) in [7, 11) is 0. The zero-order valence-electron chi connectivity index (χ0n) is 8.12. The molecule has 0 spiro atoms. The largest absolute Gasteiger partial charge is 0.426 e. The highest BCUT2D eigenvalue weighted by atomic mass is 16.5. The first-order valence-corrected chi connectivity index (χ1v) is 4.48. The van der Waals surface area contributed by atoms with Gasteiger partial charge in [-0.15, -0.1) is 0 Å².